The van der Waals surface area contributed by atoms with Crippen molar-refractivity contribution in [1.82, 2.24) is 15.5 Å². The number of carbonyl (C=O) groups is 1. The van der Waals surface area contributed by atoms with Gasteiger partial charge in [0.25, 0.3) is 5.91 Å². The molecule has 106 valence electrons. The highest BCUT2D eigenvalue weighted by Crippen LogP contribution is 2.27. The van der Waals surface area contributed by atoms with Gasteiger partial charge in [0.2, 0.25) is 0 Å². The SMILES string of the molecule is CCC1CCCCC1NC(=O)c1ccc2cn[nH]c2c1. The summed E-state index contributed by atoms with van der Waals surface area (Å²) >= 11 is 0. The zero-order valence-electron chi connectivity index (χ0n) is 11.9. The number of rotatable bonds is 3. The lowest BCUT2D eigenvalue weighted by Crippen LogP contribution is -2.41. The molecule has 0 spiro atoms. The van der Waals surface area contributed by atoms with Gasteiger partial charge in [-0.25, -0.2) is 0 Å². The van der Waals surface area contributed by atoms with Crippen molar-refractivity contribution in [3.8, 4) is 0 Å². The van der Waals surface area contributed by atoms with Crippen LogP contribution in [-0.4, -0.2) is 22.1 Å². The summed E-state index contributed by atoms with van der Waals surface area (Å²) in [5, 5.41) is 11.1. The Morgan fingerprint density at radius 1 is 1.40 bits per heavy atom. The maximum Gasteiger partial charge on any atom is 0.251 e. The molecule has 1 aliphatic carbocycles. The molecule has 0 radical (unpaired) electrons. The summed E-state index contributed by atoms with van der Waals surface area (Å²) in [5.41, 5.74) is 1.62. The summed E-state index contributed by atoms with van der Waals surface area (Å²) in [5.74, 6) is 0.662. The van der Waals surface area contributed by atoms with Crippen LogP contribution >= 0.6 is 0 Å². The molecule has 1 aromatic carbocycles. The summed E-state index contributed by atoms with van der Waals surface area (Å²) in [6.07, 6.45) is 7.78. The van der Waals surface area contributed by atoms with Crippen molar-refractivity contribution in [1.29, 1.82) is 0 Å². The van der Waals surface area contributed by atoms with Crippen LogP contribution in [0.25, 0.3) is 10.9 Å². The first-order valence-corrected chi connectivity index (χ1v) is 7.52. The summed E-state index contributed by atoms with van der Waals surface area (Å²) in [4.78, 5) is 12.4. The average Bonchev–Trinajstić information content (AvgIpc) is 2.95. The van der Waals surface area contributed by atoms with E-state index in [-0.39, 0.29) is 5.91 Å². The number of aromatic nitrogens is 2. The molecule has 1 heterocycles. The Labute approximate surface area is 119 Å². The van der Waals surface area contributed by atoms with Gasteiger partial charge in [-0.2, -0.15) is 5.10 Å². The number of hydrogen-bond donors (Lipinski definition) is 2. The van der Waals surface area contributed by atoms with Crippen LogP contribution in [0.1, 0.15) is 49.4 Å². The van der Waals surface area contributed by atoms with Gasteiger partial charge >= 0.3 is 0 Å². The molecule has 1 fully saturated rings. The highest BCUT2D eigenvalue weighted by atomic mass is 16.1. The number of carbonyl (C=O) groups excluding carboxylic acids is 1. The maximum absolute atomic E-state index is 12.4. The van der Waals surface area contributed by atoms with Crippen LogP contribution < -0.4 is 5.32 Å². The van der Waals surface area contributed by atoms with Crippen molar-refractivity contribution in [2.45, 2.75) is 45.1 Å². The van der Waals surface area contributed by atoms with E-state index in [4.69, 9.17) is 0 Å². The monoisotopic (exact) mass is 271 g/mol. The van der Waals surface area contributed by atoms with Gasteiger partial charge in [-0.3, -0.25) is 9.89 Å². The second-order valence-electron chi connectivity index (χ2n) is 5.70. The van der Waals surface area contributed by atoms with E-state index >= 15 is 0 Å². The lowest BCUT2D eigenvalue weighted by molar-refractivity contribution is 0.0905. The number of H-pyrrole nitrogens is 1. The van der Waals surface area contributed by atoms with Gasteiger partial charge in [-0.15, -0.1) is 0 Å². The van der Waals surface area contributed by atoms with E-state index in [2.05, 4.69) is 22.4 Å². The van der Waals surface area contributed by atoms with E-state index in [1.165, 1.54) is 19.3 Å². The fourth-order valence-electron chi connectivity index (χ4n) is 3.22. The molecule has 1 aliphatic rings. The van der Waals surface area contributed by atoms with E-state index in [1.54, 1.807) is 6.20 Å². The van der Waals surface area contributed by atoms with Gasteiger partial charge < -0.3 is 5.32 Å². The molecule has 0 saturated heterocycles. The Hall–Kier alpha value is -1.84. The second kappa shape index (κ2) is 5.65. The molecular formula is C16H21N3O. The predicted octanol–water partition coefficient (Wildman–Crippen LogP) is 3.26. The third kappa shape index (κ3) is 2.55. The van der Waals surface area contributed by atoms with Crippen LogP contribution in [0.15, 0.2) is 24.4 Å². The van der Waals surface area contributed by atoms with Crippen LogP contribution in [-0.2, 0) is 0 Å². The molecule has 4 nitrogen and oxygen atoms in total. The summed E-state index contributed by atoms with van der Waals surface area (Å²) < 4.78 is 0. The van der Waals surface area contributed by atoms with Crippen LogP contribution in [0.3, 0.4) is 0 Å². The molecular weight excluding hydrogens is 250 g/mol. The van der Waals surface area contributed by atoms with Crippen molar-refractivity contribution < 1.29 is 4.79 Å². The van der Waals surface area contributed by atoms with Crippen molar-refractivity contribution in [2.24, 2.45) is 5.92 Å². The highest BCUT2D eigenvalue weighted by Gasteiger charge is 2.25. The molecule has 2 aromatic rings. The van der Waals surface area contributed by atoms with Crippen molar-refractivity contribution in [3.63, 3.8) is 0 Å². The summed E-state index contributed by atoms with van der Waals surface area (Å²) in [7, 11) is 0. The second-order valence-corrected chi connectivity index (χ2v) is 5.70. The Morgan fingerprint density at radius 2 is 2.25 bits per heavy atom. The van der Waals surface area contributed by atoms with Gasteiger partial charge in [0.05, 0.1) is 11.7 Å². The minimum Gasteiger partial charge on any atom is -0.349 e. The minimum atomic E-state index is 0.0341. The molecule has 4 heteroatoms. The van der Waals surface area contributed by atoms with E-state index in [9.17, 15) is 4.79 Å². The lowest BCUT2D eigenvalue weighted by Gasteiger charge is -2.31. The van der Waals surface area contributed by atoms with Crippen LogP contribution in [0, 0.1) is 5.92 Å². The lowest BCUT2D eigenvalue weighted by atomic mass is 9.83. The number of amides is 1. The minimum absolute atomic E-state index is 0.0341. The number of hydrogen-bond acceptors (Lipinski definition) is 2. The normalized spacial score (nSPS) is 22.9. The molecule has 1 amide bonds. The van der Waals surface area contributed by atoms with Crippen LogP contribution in [0.2, 0.25) is 0 Å². The highest BCUT2D eigenvalue weighted by molar-refractivity contribution is 5.97. The summed E-state index contributed by atoms with van der Waals surface area (Å²) in [6.45, 7) is 2.21. The van der Waals surface area contributed by atoms with E-state index < -0.39 is 0 Å². The molecule has 3 rings (SSSR count). The first kappa shape index (κ1) is 13.2. The van der Waals surface area contributed by atoms with E-state index in [1.807, 2.05) is 18.2 Å². The summed E-state index contributed by atoms with van der Waals surface area (Å²) in [6, 6.07) is 6.02. The Balaban J connectivity index is 1.74. The Kier molecular flexibility index (Phi) is 3.72. The number of nitrogens with one attached hydrogen (secondary N) is 2. The largest absolute Gasteiger partial charge is 0.349 e. The molecule has 1 aromatic heterocycles. The van der Waals surface area contributed by atoms with Gasteiger partial charge in [-0.05, 0) is 30.9 Å². The molecule has 0 aliphatic heterocycles. The van der Waals surface area contributed by atoms with E-state index in [0.29, 0.717) is 17.5 Å². The van der Waals surface area contributed by atoms with Crippen LogP contribution in [0.4, 0.5) is 0 Å². The fourth-order valence-corrected chi connectivity index (χ4v) is 3.22. The van der Waals surface area contributed by atoms with Gasteiger partial charge in [-0.1, -0.05) is 32.3 Å². The molecule has 2 atom stereocenters. The topological polar surface area (TPSA) is 57.8 Å². The quantitative estimate of drug-likeness (QED) is 0.900. The number of benzene rings is 1. The van der Waals surface area contributed by atoms with E-state index in [0.717, 1.165) is 23.7 Å². The first-order chi connectivity index (χ1) is 9.78. The predicted molar refractivity (Wildman–Crippen MR) is 79.6 cm³/mol. The van der Waals surface area contributed by atoms with Crippen molar-refractivity contribution in [2.75, 3.05) is 0 Å². The average molecular weight is 271 g/mol. The van der Waals surface area contributed by atoms with Gasteiger partial charge in [0, 0.05) is 17.0 Å². The number of fused-ring (bicyclic) bond motifs is 1. The first-order valence-electron chi connectivity index (χ1n) is 7.52. The van der Waals surface area contributed by atoms with Gasteiger partial charge in [0.15, 0.2) is 0 Å². The van der Waals surface area contributed by atoms with Crippen molar-refractivity contribution in [3.05, 3.63) is 30.0 Å². The Bertz CT molecular complexity index is 605. The molecule has 0 bridgehead atoms. The van der Waals surface area contributed by atoms with Gasteiger partial charge in [0.1, 0.15) is 0 Å². The third-order valence-electron chi connectivity index (χ3n) is 4.45. The Morgan fingerprint density at radius 3 is 3.10 bits per heavy atom. The number of aromatic amines is 1. The molecule has 2 N–H and O–H groups in total. The maximum atomic E-state index is 12.4. The zero-order chi connectivity index (χ0) is 13.9. The molecule has 1 saturated carbocycles. The molecule has 20 heavy (non-hydrogen) atoms. The third-order valence-corrected chi connectivity index (χ3v) is 4.45. The van der Waals surface area contributed by atoms with Crippen molar-refractivity contribution >= 4 is 16.8 Å². The number of nitrogens with zero attached hydrogens (tertiary/aromatic N) is 1. The smallest absolute Gasteiger partial charge is 0.251 e. The fraction of sp³-hybridized carbons (Fsp3) is 0.500. The standard InChI is InChI=1S/C16H21N3O/c1-2-11-5-3-4-6-14(11)18-16(20)12-7-8-13-10-17-19-15(13)9-12/h7-11,14H,2-6H2,1H3,(H,17,19)(H,18,20). The van der Waals surface area contributed by atoms with Crippen LogP contribution in [0.5, 0.6) is 0 Å². The molecule has 2 unspecified atom stereocenters. The zero-order valence-corrected chi connectivity index (χ0v) is 11.9.